The highest BCUT2D eigenvalue weighted by molar-refractivity contribution is 7.18. The lowest BCUT2D eigenvalue weighted by atomic mass is 10.1. The van der Waals surface area contributed by atoms with Crippen molar-refractivity contribution in [3.63, 3.8) is 0 Å². The Morgan fingerprint density at radius 2 is 2.08 bits per heavy atom. The topological polar surface area (TPSA) is 51.0 Å². The van der Waals surface area contributed by atoms with Crippen LogP contribution in [0.15, 0.2) is 30.3 Å². The lowest BCUT2D eigenvalue weighted by molar-refractivity contribution is 0.0772. The summed E-state index contributed by atoms with van der Waals surface area (Å²) in [6, 6.07) is 9.98. The predicted octanol–water partition coefficient (Wildman–Crippen LogP) is 3.98. The molecule has 6 heteroatoms. The number of rotatable bonds is 6. The monoisotopic (exact) mass is 356 g/mol. The first kappa shape index (κ1) is 17.6. The third-order valence-corrected chi connectivity index (χ3v) is 5.05. The van der Waals surface area contributed by atoms with E-state index in [0.29, 0.717) is 24.7 Å². The molecule has 0 saturated heterocycles. The van der Waals surface area contributed by atoms with Crippen LogP contribution in [0.4, 0.5) is 0 Å². The maximum atomic E-state index is 12.9. The van der Waals surface area contributed by atoms with Gasteiger partial charge < -0.3 is 4.90 Å². The fourth-order valence-electron chi connectivity index (χ4n) is 2.86. The molecule has 0 saturated carbocycles. The largest absolute Gasteiger partial charge is 0.334 e. The first-order valence-electron chi connectivity index (χ1n) is 8.64. The number of nitrogens with zero attached hydrogens (tertiary/aromatic N) is 4. The molecule has 25 heavy (non-hydrogen) atoms. The molecule has 0 atom stereocenters. The second kappa shape index (κ2) is 7.35. The molecule has 2 heterocycles. The van der Waals surface area contributed by atoms with Crippen LogP contribution in [0.5, 0.6) is 0 Å². The molecule has 0 fully saturated rings. The molecule has 0 bridgehead atoms. The van der Waals surface area contributed by atoms with Gasteiger partial charge in [-0.25, -0.2) is 4.98 Å². The van der Waals surface area contributed by atoms with Crippen LogP contribution in [-0.4, -0.2) is 32.6 Å². The van der Waals surface area contributed by atoms with Gasteiger partial charge in [0.2, 0.25) is 0 Å². The van der Waals surface area contributed by atoms with E-state index in [1.807, 2.05) is 38.2 Å². The van der Waals surface area contributed by atoms with Crippen LogP contribution >= 0.6 is 11.3 Å². The molecule has 0 N–H and O–H groups in total. The fourth-order valence-corrected chi connectivity index (χ4v) is 3.88. The van der Waals surface area contributed by atoms with Gasteiger partial charge in [0.1, 0.15) is 10.7 Å². The highest BCUT2D eigenvalue weighted by Gasteiger charge is 2.20. The quantitative estimate of drug-likeness (QED) is 0.671. The number of hydrogen-bond acceptors (Lipinski definition) is 4. The minimum absolute atomic E-state index is 0.0105. The smallest absolute Gasteiger partial charge is 0.272 e. The average Bonchev–Trinajstić information content (AvgIpc) is 3.16. The fraction of sp³-hybridized carbons (Fsp3) is 0.421. The van der Waals surface area contributed by atoms with E-state index in [0.717, 1.165) is 27.3 Å². The number of benzene rings is 1. The van der Waals surface area contributed by atoms with Gasteiger partial charge in [0, 0.05) is 13.6 Å². The van der Waals surface area contributed by atoms with E-state index in [4.69, 9.17) is 0 Å². The minimum Gasteiger partial charge on any atom is -0.334 e. The first-order chi connectivity index (χ1) is 12.0. The van der Waals surface area contributed by atoms with Crippen molar-refractivity contribution in [2.24, 2.45) is 5.92 Å². The lowest BCUT2D eigenvalue weighted by Crippen LogP contribution is -2.28. The molecule has 1 aromatic carbocycles. The van der Waals surface area contributed by atoms with Gasteiger partial charge in [0.25, 0.3) is 5.91 Å². The molecule has 3 aromatic rings. The molecule has 132 valence electrons. The highest BCUT2D eigenvalue weighted by atomic mass is 32.1. The molecule has 0 aliphatic carbocycles. The maximum Gasteiger partial charge on any atom is 0.272 e. The Kier molecular flexibility index (Phi) is 5.18. The van der Waals surface area contributed by atoms with E-state index in [1.165, 1.54) is 0 Å². The Balaban J connectivity index is 1.78. The number of carbonyl (C=O) groups is 1. The summed E-state index contributed by atoms with van der Waals surface area (Å²) in [7, 11) is 1.82. The van der Waals surface area contributed by atoms with Crippen molar-refractivity contribution >= 4 is 27.5 Å². The van der Waals surface area contributed by atoms with Gasteiger partial charge in [-0.2, -0.15) is 5.10 Å². The normalized spacial score (nSPS) is 11.4. The van der Waals surface area contributed by atoms with Crippen molar-refractivity contribution in [2.75, 3.05) is 7.05 Å². The second-order valence-electron chi connectivity index (χ2n) is 6.67. The number of para-hydroxylation sites is 1. The van der Waals surface area contributed by atoms with Gasteiger partial charge in [0.15, 0.2) is 0 Å². The zero-order valence-electron chi connectivity index (χ0n) is 15.2. The minimum atomic E-state index is -0.0105. The van der Waals surface area contributed by atoms with Crippen LogP contribution in [0.1, 0.15) is 42.0 Å². The summed E-state index contributed by atoms with van der Waals surface area (Å²) in [6.07, 6.45) is 0.884. The number of aryl methyl sites for hydroxylation is 1. The molecule has 0 unspecified atom stereocenters. The lowest BCUT2D eigenvalue weighted by Gasteiger charge is -2.16. The van der Waals surface area contributed by atoms with E-state index in [-0.39, 0.29) is 5.91 Å². The Labute approximate surface area is 152 Å². The predicted molar refractivity (Wildman–Crippen MR) is 102 cm³/mol. The Morgan fingerprint density at radius 1 is 1.32 bits per heavy atom. The van der Waals surface area contributed by atoms with E-state index >= 15 is 0 Å². The van der Waals surface area contributed by atoms with E-state index in [2.05, 4.69) is 30.0 Å². The second-order valence-corrected chi connectivity index (χ2v) is 7.79. The van der Waals surface area contributed by atoms with Crippen LogP contribution in [0, 0.1) is 5.92 Å². The molecule has 5 nitrogen and oxygen atoms in total. The van der Waals surface area contributed by atoms with Crippen LogP contribution in [-0.2, 0) is 19.5 Å². The number of hydrogen-bond donors (Lipinski definition) is 0. The van der Waals surface area contributed by atoms with Crippen LogP contribution in [0.25, 0.3) is 10.2 Å². The van der Waals surface area contributed by atoms with Gasteiger partial charge in [-0.1, -0.05) is 26.0 Å². The summed E-state index contributed by atoms with van der Waals surface area (Å²) in [6.45, 7) is 7.52. The summed E-state index contributed by atoms with van der Waals surface area (Å²) >= 11 is 1.63. The number of amides is 1. The standard InChI is InChI=1S/C19H24N4OS/c1-5-23-16(11-14(21-23)10-13(2)3)19(24)22(4)12-18-20-15-8-6-7-9-17(15)25-18/h6-9,11,13H,5,10,12H2,1-4H3. The summed E-state index contributed by atoms with van der Waals surface area (Å²) in [5.41, 5.74) is 2.62. The SMILES string of the molecule is CCn1nc(CC(C)C)cc1C(=O)N(C)Cc1nc2ccccc2s1. The Morgan fingerprint density at radius 3 is 2.76 bits per heavy atom. The van der Waals surface area contributed by atoms with Gasteiger partial charge >= 0.3 is 0 Å². The maximum absolute atomic E-state index is 12.9. The van der Waals surface area contributed by atoms with Crippen LogP contribution < -0.4 is 0 Å². The zero-order chi connectivity index (χ0) is 18.0. The zero-order valence-corrected chi connectivity index (χ0v) is 16.0. The summed E-state index contributed by atoms with van der Waals surface area (Å²) in [5, 5.41) is 5.52. The van der Waals surface area contributed by atoms with Crippen LogP contribution in [0.2, 0.25) is 0 Å². The van der Waals surface area contributed by atoms with Crippen molar-refractivity contribution < 1.29 is 4.79 Å². The van der Waals surface area contributed by atoms with Crippen molar-refractivity contribution in [1.82, 2.24) is 19.7 Å². The molecule has 0 spiro atoms. The van der Waals surface area contributed by atoms with Gasteiger partial charge in [-0.3, -0.25) is 9.48 Å². The molecule has 0 radical (unpaired) electrons. The summed E-state index contributed by atoms with van der Waals surface area (Å²) in [5.74, 6) is 0.507. The Hall–Kier alpha value is -2.21. The van der Waals surface area contributed by atoms with E-state index in [1.54, 1.807) is 20.9 Å². The third-order valence-electron chi connectivity index (χ3n) is 4.02. The van der Waals surface area contributed by atoms with Crippen molar-refractivity contribution in [1.29, 1.82) is 0 Å². The number of thiazole rings is 1. The molecule has 1 amide bonds. The Bertz CT molecular complexity index is 848. The summed E-state index contributed by atoms with van der Waals surface area (Å²) < 4.78 is 2.95. The number of fused-ring (bicyclic) bond motifs is 1. The number of aromatic nitrogens is 3. The first-order valence-corrected chi connectivity index (χ1v) is 9.46. The van der Waals surface area contributed by atoms with Crippen molar-refractivity contribution in [3.8, 4) is 0 Å². The van der Waals surface area contributed by atoms with Crippen molar-refractivity contribution in [2.45, 2.75) is 40.3 Å². The van der Waals surface area contributed by atoms with Crippen LogP contribution in [0.3, 0.4) is 0 Å². The van der Waals surface area contributed by atoms with E-state index in [9.17, 15) is 4.79 Å². The molecule has 0 aliphatic rings. The molecular weight excluding hydrogens is 332 g/mol. The number of carbonyl (C=O) groups excluding carboxylic acids is 1. The van der Waals surface area contributed by atoms with Gasteiger partial charge in [-0.15, -0.1) is 11.3 Å². The molecule has 3 rings (SSSR count). The summed E-state index contributed by atoms with van der Waals surface area (Å²) in [4.78, 5) is 19.2. The average molecular weight is 356 g/mol. The van der Waals surface area contributed by atoms with Crippen molar-refractivity contribution in [3.05, 3.63) is 46.7 Å². The molecular formula is C19H24N4OS. The molecule has 2 aromatic heterocycles. The van der Waals surface area contributed by atoms with Gasteiger partial charge in [-0.05, 0) is 37.5 Å². The highest BCUT2D eigenvalue weighted by Crippen LogP contribution is 2.23. The third kappa shape index (κ3) is 3.90. The molecule has 0 aliphatic heterocycles. The van der Waals surface area contributed by atoms with Gasteiger partial charge in [0.05, 0.1) is 22.5 Å². The van der Waals surface area contributed by atoms with E-state index < -0.39 is 0 Å².